The Labute approximate surface area is 298 Å². The smallest absolute Gasteiger partial charge is 0.410 e. The van der Waals surface area contributed by atoms with Gasteiger partial charge in [0, 0.05) is 61.0 Å². The number of hydrogen-bond acceptors (Lipinski definition) is 8. The number of aryl methyl sites for hydroxylation is 2. The molecule has 0 aliphatic carbocycles. The first-order valence-electron chi connectivity index (χ1n) is 17.1. The number of nitrogens with one attached hydrogen (secondary N) is 1. The number of anilines is 2. The Morgan fingerprint density at radius 2 is 1.70 bits per heavy atom. The third-order valence-electron chi connectivity index (χ3n) is 8.88. The van der Waals surface area contributed by atoms with Crippen LogP contribution in [0.2, 0.25) is 0 Å². The van der Waals surface area contributed by atoms with Crippen LogP contribution in [-0.2, 0) is 22.4 Å². The molecule has 1 fully saturated rings. The lowest BCUT2D eigenvalue weighted by molar-refractivity contribution is -0.115. The van der Waals surface area contributed by atoms with Crippen LogP contribution in [0.5, 0.6) is 5.75 Å². The van der Waals surface area contributed by atoms with Crippen LogP contribution in [0.25, 0.3) is 11.3 Å². The van der Waals surface area contributed by atoms with Crippen LogP contribution < -0.4 is 15.0 Å². The molecule has 50 heavy (non-hydrogen) atoms. The van der Waals surface area contributed by atoms with Crippen molar-refractivity contribution in [3.63, 3.8) is 0 Å². The monoisotopic (exact) mass is 695 g/mol. The molecule has 0 atom stereocenters. The van der Waals surface area contributed by atoms with E-state index in [2.05, 4.69) is 16.3 Å². The van der Waals surface area contributed by atoms with Gasteiger partial charge in [-0.2, -0.15) is 0 Å². The molecule has 2 aliphatic rings. The third kappa shape index (κ3) is 8.51. The van der Waals surface area contributed by atoms with Crippen LogP contribution in [0, 0.1) is 13.8 Å². The van der Waals surface area contributed by atoms with E-state index in [1.807, 2.05) is 100 Å². The average molecular weight is 696 g/mol. The number of nitrogens with zero attached hydrogens (tertiary/aromatic N) is 4. The van der Waals surface area contributed by atoms with Crippen molar-refractivity contribution in [2.45, 2.75) is 53.1 Å². The topological polar surface area (TPSA) is 104 Å². The van der Waals surface area contributed by atoms with Crippen LogP contribution in [0.15, 0.2) is 66.7 Å². The molecule has 0 bridgehead atoms. The Balaban J connectivity index is 0.993. The molecule has 4 aromatic rings. The fraction of sp³-hybridized carbons (Fsp3) is 0.385. The minimum atomic E-state index is -0.499. The van der Waals surface area contributed by atoms with E-state index in [4.69, 9.17) is 14.5 Å². The van der Waals surface area contributed by atoms with Gasteiger partial charge in [0.2, 0.25) is 5.91 Å². The number of aromatic nitrogens is 1. The largest absolute Gasteiger partial charge is 0.492 e. The summed E-state index contributed by atoms with van der Waals surface area (Å²) in [6.07, 6.45) is 0.713. The quantitative estimate of drug-likeness (QED) is 0.207. The van der Waals surface area contributed by atoms with E-state index in [9.17, 15) is 14.4 Å². The lowest BCUT2D eigenvalue weighted by Gasteiger charge is -2.35. The van der Waals surface area contributed by atoms with Crippen molar-refractivity contribution >= 4 is 40.1 Å². The molecule has 1 aromatic heterocycles. The number of thiazole rings is 1. The number of carbonyl (C=O) groups is 3. The highest BCUT2D eigenvalue weighted by atomic mass is 32.1. The molecule has 1 saturated heterocycles. The Bertz CT molecular complexity index is 1870. The summed E-state index contributed by atoms with van der Waals surface area (Å²) in [6, 6.07) is 21.4. The van der Waals surface area contributed by atoms with Crippen molar-refractivity contribution in [2.24, 2.45) is 0 Å². The van der Waals surface area contributed by atoms with Gasteiger partial charge >= 0.3 is 6.09 Å². The van der Waals surface area contributed by atoms with Crippen molar-refractivity contribution in [1.29, 1.82) is 0 Å². The Morgan fingerprint density at radius 3 is 2.46 bits per heavy atom. The van der Waals surface area contributed by atoms with Gasteiger partial charge in [0.05, 0.1) is 12.1 Å². The Kier molecular flexibility index (Phi) is 10.5. The van der Waals surface area contributed by atoms with Gasteiger partial charge in [0.1, 0.15) is 18.0 Å². The number of hydrogen-bond donors (Lipinski definition) is 1. The first-order valence-corrected chi connectivity index (χ1v) is 18.0. The lowest BCUT2D eigenvalue weighted by Crippen LogP contribution is -2.50. The van der Waals surface area contributed by atoms with Gasteiger partial charge in [0.25, 0.3) is 5.91 Å². The fourth-order valence-electron chi connectivity index (χ4n) is 6.30. The fourth-order valence-corrected chi connectivity index (χ4v) is 7.16. The molecule has 10 nitrogen and oxygen atoms in total. The number of fused-ring (bicyclic) bond motifs is 1. The van der Waals surface area contributed by atoms with Crippen LogP contribution >= 0.6 is 11.3 Å². The molecular weight excluding hydrogens is 651 g/mol. The van der Waals surface area contributed by atoms with Crippen LogP contribution in [-0.4, -0.2) is 84.2 Å². The summed E-state index contributed by atoms with van der Waals surface area (Å²) in [5, 5.41) is 3.53. The number of amides is 3. The zero-order valence-electron chi connectivity index (χ0n) is 29.5. The van der Waals surface area contributed by atoms with Crippen LogP contribution in [0.4, 0.5) is 15.6 Å². The summed E-state index contributed by atoms with van der Waals surface area (Å²) >= 11 is 1.45. The van der Waals surface area contributed by atoms with Crippen molar-refractivity contribution in [1.82, 2.24) is 14.8 Å². The molecule has 0 unspecified atom stereocenters. The van der Waals surface area contributed by atoms with E-state index in [-0.39, 0.29) is 24.3 Å². The van der Waals surface area contributed by atoms with Gasteiger partial charge in [0.15, 0.2) is 5.13 Å². The number of ether oxygens (including phenoxy) is 2. The number of carbonyl (C=O) groups excluding carboxylic acids is 3. The summed E-state index contributed by atoms with van der Waals surface area (Å²) in [4.78, 5) is 50.4. The maximum Gasteiger partial charge on any atom is 0.410 e. The summed E-state index contributed by atoms with van der Waals surface area (Å²) < 4.78 is 11.5. The SMILES string of the molecule is Cc1ccccc1C(=O)N1CCc2cc(-c3nc(NC(=O)Cc4cccc(OCCN5CCN(C(=O)OC(C)(C)C)CC5)c4)sc3C)ccc21. The van der Waals surface area contributed by atoms with Gasteiger partial charge in [-0.1, -0.05) is 36.4 Å². The van der Waals surface area contributed by atoms with Crippen LogP contribution in [0.1, 0.15) is 52.7 Å². The van der Waals surface area contributed by atoms with Crippen molar-refractivity contribution in [2.75, 3.05) is 56.1 Å². The van der Waals surface area contributed by atoms with E-state index < -0.39 is 5.60 Å². The molecule has 0 saturated carbocycles. The molecule has 0 spiro atoms. The summed E-state index contributed by atoms with van der Waals surface area (Å²) in [7, 11) is 0. The van der Waals surface area contributed by atoms with Gasteiger partial charge in [-0.05, 0) is 88.1 Å². The normalized spacial score (nSPS) is 14.7. The van der Waals surface area contributed by atoms with Crippen molar-refractivity contribution in [3.05, 3.63) is 93.9 Å². The number of piperazine rings is 1. The summed E-state index contributed by atoms with van der Waals surface area (Å²) in [5.74, 6) is 0.587. The first-order chi connectivity index (χ1) is 23.9. The van der Waals surface area contributed by atoms with Crippen molar-refractivity contribution in [3.8, 4) is 17.0 Å². The van der Waals surface area contributed by atoms with E-state index in [0.717, 1.165) is 70.1 Å². The number of benzene rings is 3. The van der Waals surface area contributed by atoms with E-state index >= 15 is 0 Å². The zero-order valence-corrected chi connectivity index (χ0v) is 30.3. The van der Waals surface area contributed by atoms with Crippen molar-refractivity contribution < 1.29 is 23.9 Å². The predicted molar refractivity (Wildman–Crippen MR) is 197 cm³/mol. The molecular formula is C39H45N5O5S. The Morgan fingerprint density at radius 1 is 0.920 bits per heavy atom. The lowest BCUT2D eigenvalue weighted by atomic mass is 10.0. The maximum absolute atomic E-state index is 13.3. The predicted octanol–water partition coefficient (Wildman–Crippen LogP) is 6.74. The molecule has 1 N–H and O–H groups in total. The second-order valence-electron chi connectivity index (χ2n) is 13.8. The zero-order chi connectivity index (χ0) is 35.4. The van der Waals surface area contributed by atoms with Gasteiger partial charge < -0.3 is 24.6 Å². The van der Waals surface area contributed by atoms with Crippen LogP contribution in [0.3, 0.4) is 0 Å². The molecule has 2 aliphatic heterocycles. The highest BCUT2D eigenvalue weighted by molar-refractivity contribution is 7.16. The standard InChI is InChI=1S/C39H45N5O5S/c1-26-9-6-7-12-32(26)36(46)44-16-15-29-25-30(13-14-33(29)44)35-27(2)50-37(41-35)40-34(45)24-28-10-8-11-31(23-28)48-22-21-42-17-19-43(20-18-42)38(47)49-39(3,4)5/h6-14,23,25H,15-22,24H2,1-5H3,(H,40,41,45). The minimum absolute atomic E-state index is 0.0218. The summed E-state index contributed by atoms with van der Waals surface area (Å²) in [5.41, 5.74) is 5.90. The molecule has 3 amide bonds. The first kappa shape index (κ1) is 35.1. The van der Waals surface area contributed by atoms with Gasteiger partial charge in [-0.3, -0.25) is 14.5 Å². The highest BCUT2D eigenvalue weighted by Crippen LogP contribution is 2.36. The second-order valence-corrected chi connectivity index (χ2v) is 15.0. The average Bonchev–Trinajstić information content (AvgIpc) is 3.66. The molecule has 3 aromatic carbocycles. The molecule has 6 rings (SSSR count). The maximum atomic E-state index is 13.3. The van der Waals surface area contributed by atoms with Gasteiger partial charge in [-0.15, -0.1) is 11.3 Å². The molecule has 0 radical (unpaired) electrons. The molecule has 3 heterocycles. The van der Waals surface area contributed by atoms with E-state index in [0.29, 0.717) is 37.1 Å². The highest BCUT2D eigenvalue weighted by Gasteiger charge is 2.28. The summed E-state index contributed by atoms with van der Waals surface area (Å²) in [6.45, 7) is 14.3. The molecule has 262 valence electrons. The van der Waals surface area contributed by atoms with Gasteiger partial charge in [-0.25, -0.2) is 9.78 Å². The third-order valence-corrected chi connectivity index (χ3v) is 9.76. The van der Waals surface area contributed by atoms with E-state index in [1.165, 1.54) is 11.3 Å². The minimum Gasteiger partial charge on any atom is -0.492 e. The molecule has 11 heteroatoms. The number of rotatable bonds is 9. The second kappa shape index (κ2) is 15.0. The van der Waals surface area contributed by atoms with E-state index in [1.54, 1.807) is 4.90 Å². The Hall–Kier alpha value is -4.74.